The zero-order chi connectivity index (χ0) is 12.6. The number of nitrogens with zero attached hydrogens (tertiary/aromatic N) is 4. The van der Waals surface area contributed by atoms with Crippen LogP contribution in [0.5, 0.6) is 0 Å². The molecule has 0 aliphatic carbocycles. The Hall–Kier alpha value is -1.14. The molecule has 2 heterocycles. The Morgan fingerprint density at radius 1 is 1.41 bits per heavy atom. The summed E-state index contributed by atoms with van der Waals surface area (Å²) in [5, 5.41) is 0.921. The van der Waals surface area contributed by atoms with Crippen molar-refractivity contribution in [2.75, 3.05) is 25.3 Å². The fourth-order valence-electron chi connectivity index (χ4n) is 1.79. The standard InChI is InChI=1S/C11H18N4OS/c1-8(2)14-6-13(4)11(16)15(7-14)10-5-9(3)12-17-10/h5,8H,6-7H2,1-4H3. The number of anilines is 1. The number of aromatic nitrogens is 1. The molecule has 1 aliphatic rings. The topological polar surface area (TPSA) is 39.7 Å². The van der Waals surface area contributed by atoms with Crippen LogP contribution in [-0.2, 0) is 0 Å². The van der Waals surface area contributed by atoms with E-state index in [0.717, 1.165) is 10.7 Å². The number of amides is 2. The summed E-state index contributed by atoms with van der Waals surface area (Å²) < 4.78 is 4.23. The number of carbonyl (C=O) groups is 1. The smallest absolute Gasteiger partial charge is 0.314 e. The van der Waals surface area contributed by atoms with Crippen molar-refractivity contribution in [3.05, 3.63) is 11.8 Å². The van der Waals surface area contributed by atoms with E-state index in [1.54, 1.807) is 9.80 Å². The maximum Gasteiger partial charge on any atom is 0.327 e. The van der Waals surface area contributed by atoms with Gasteiger partial charge in [0, 0.05) is 13.1 Å². The van der Waals surface area contributed by atoms with Crippen LogP contribution in [0, 0.1) is 6.92 Å². The lowest BCUT2D eigenvalue weighted by molar-refractivity contribution is 0.108. The first-order valence-corrected chi connectivity index (χ1v) is 6.46. The zero-order valence-corrected chi connectivity index (χ0v) is 11.5. The Labute approximate surface area is 106 Å². The van der Waals surface area contributed by atoms with E-state index in [4.69, 9.17) is 0 Å². The van der Waals surface area contributed by atoms with E-state index < -0.39 is 0 Å². The normalized spacial score (nSPS) is 18.3. The van der Waals surface area contributed by atoms with Gasteiger partial charge in [-0.15, -0.1) is 0 Å². The van der Waals surface area contributed by atoms with E-state index in [1.807, 2.05) is 20.0 Å². The Bertz CT molecular complexity index is 417. The predicted octanol–water partition coefficient (Wildman–Crippen LogP) is 1.95. The highest BCUT2D eigenvalue weighted by Gasteiger charge is 2.30. The van der Waals surface area contributed by atoms with Gasteiger partial charge in [0.25, 0.3) is 0 Å². The van der Waals surface area contributed by atoms with Gasteiger partial charge in [-0.25, -0.2) is 4.79 Å². The van der Waals surface area contributed by atoms with Gasteiger partial charge in [-0.2, -0.15) is 4.37 Å². The second kappa shape index (κ2) is 4.62. The summed E-state index contributed by atoms with van der Waals surface area (Å²) in [6.45, 7) is 7.55. The largest absolute Gasteiger partial charge is 0.327 e. The third kappa shape index (κ3) is 2.42. The van der Waals surface area contributed by atoms with Crippen LogP contribution in [0.2, 0.25) is 0 Å². The molecule has 1 aromatic heterocycles. The second-order valence-electron chi connectivity index (χ2n) is 4.68. The van der Waals surface area contributed by atoms with Crippen LogP contribution in [0.25, 0.3) is 0 Å². The molecule has 5 nitrogen and oxygen atoms in total. The molecule has 0 radical (unpaired) electrons. The monoisotopic (exact) mass is 254 g/mol. The highest BCUT2D eigenvalue weighted by Crippen LogP contribution is 2.25. The molecule has 1 fully saturated rings. The highest BCUT2D eigenvalue weighted by atomic mass is 32.1. The van der Waals surface area contributed by atoms with Gasteiger partial charge in [0.1, 0.15) is 5.00 Å². The minimum Gasteiger partial charge on any atom is -0.314 e. The van der Waals surface area contributed by atoms with Crippen molar-refractivity contribution in [1.29, 1.82) is 0 Å². The summed E-state index contributed by atoms with van der Waals surface area (Å²) in [6, 6.07) is 2.42. The summed E-state index contributed by atoms with van der Waals surface area (Å²) in [6.07, 6.45) is 0. The Balaban J connectivity index is 2.22. The average Bonchev–Trinajstić information content (AvgIpc) is 2.68. The van der Waals surface area contributed by atoms with Crippen LogP contribution in [0.1, 0.15) is 19.5 Å². The van der Waals surface area contributed by atoms with Crippen molar-refractivity contribution >= 4 is 22.6 Å². The molecule has 0 aromatic carbocycles. The van der Waals surface area contributed by atoms with Crippen LogP contribution in [0.15, 0.2) is 6.07 Å². The minimum absolute atomic E-state index is 0.0468. The lowest BCUT2D eigenvalue weighted by Gasteiger charge is -2.41. The van der Waals surface area contributed by atoms with Crippen LogP contribution in [0.4, 0.5) is 9.80 Å². The first-order chi connectivity index (χ1) is 7.99. The van der Waals surface area contributed by atoms with E-state index in [2.05, 4.69) is 23.1 Å². The molecule has 0 bridgehead atoms. The highest BCUT2D eigenvalue weighted by molar-refractivity contribution is 7.10. The predicted molar refractivity (Wildman–Crippen MR) is 69.2 cm³/mol. The zero-order valence-electron chi connectivity index (χ0n) is 10.7. The molecule has 0 unspecified atom stereocenters. The van der Waals surface area contributed by atoms with Crippen molar-refractivity contribution in [2.24, 2.45) is 0 Å². The molecule has 0 N–H and O–H groups in total. The van der Waals surface area contributed by atoms with Gasteiger partial charge in [0.15, 0.2) is 0 Å². The van der Waals surface area contributed by atoms with E-state index >= 15 is 0 Å². The van der Waals surface area contributed by atoms with E-state index in [1.165, 1.54) is 11.5 Å². The van der Waals surface area contributed by atoms with Gasteiger partial charge >= 0.3 is 6.03 Å². The Kier molecular flexibility index (Phi) is 3.35. The molecule has 1 saturated heterocycles. The molecular formula is C11H18N4OS. The van der Waals surface area contributed by atoms with Crippen molar-refractivity contribution < 1.29 is 4.79 Å². The van der Waals surface area contributed by atoms with Crippen LogP contribution >= 0.6 is 11.5 Å². The van der Waals surface area contributed by atoms with Gasteiger partial charge in [0.2, 0.25) is 0 Å². The molecule has 1 aliphatic heterocycles. The average molecular weight is 254 g/mol. The number of hydrogen-bond acceptors (Lipinski definition) is 4. The molecule has 94 valence electrons. The summed E-state index contributed by atoms with van der Waals surface area (Å²) in [5.74, 6) is 0. The molecule has 2 rings (SSSR count). The number of hydrogen-bond donors (Lipinski definition) is 0. The molecular weight excluding hydrogens is 236 g/mol. The molecule has 1 aromatic rings. The minimum atomic E-state index is 0.0468. The van der Waals surface area contributed by atoms with Crippen LogP contribution in [0.3, 0.4) is 0 Å². The molecule has 0 spiro atoms. The summed E-state index contributed by atoms with van der Waals surface area (Å²) in [5.41, 5.74) is 0.960. The molecule has 2 amide bonds. The number of urea groups is 1. The number of carbonyl (C=O) groups excluding carboxylic acids is 1. The third-order valence-corrected chi connectivity index (χ3v) is 3.79. The second-order valence-corrected chi connectivity index (χ2v) is 5.46. The number of aryl methyl sites for hydroxylation is 1. The third-order valence-electron chi connectivity index (χ3n) is 2.89. The van der Waals surface area contributed by atoms with E-state index in [9.17, 15) is 4.79 Å². The van der Waals surface area contributed by atoms with Gasteiger partial charge in [-0.3, -0.25) is 9.80 Å². The Morgan fingerprint density at radius 2 is 2.12 bits per heavy atom. The fourth-order valence-corrected chi connectivity index (χ4v) is 2.54. The van der Waals surface area contributed by atoms with Crippen molar-refractivity contribution in [3.8, 4) is 0 Å². The lowest BCUT2D eigenvalue weighted by Crippen LogP contribution is -2.58. The Morgan fingerprint density at radius 3 is 2.65 bits per heavy atom. The van der Waals surface area contributed by atoms with Crippen molar-refractivity contribution in [2.45, 2.75) is 26.8 Å². The summed E-state index contributed by atoms with van der Waals surface area (Å²) >= 11 is 1.38. The maximum atomic E-state index is 12.1. The fraction of sp³-hybridized carbons (Fsp3) is 0.636. The molecule has 17 heavy (non-hydrogen) atoms. The molecule has 0 atom stereocenters. The molecule has 0 saturated carbocycles. The first kappa shape index (κ1) is 12.3. The lowest BCUT2D eigenvalue weighted by atomic mass is 10.3. The summed E-state index contributed by atoms with van der Waals surface area (Å²) in [4.78, 5) is 17.9. The van der Waals surface area contributed by atoms with Gasteiger partial charge < -0.3 is 4.90 Å². The van der Waals surface area contributed by atoms with Crippen molar-refractivity contribution in [1.82, 2.24) is 14.2 Å². The quantitative estimate of drug-likeness (QED) is 0.810. The maximum absolute atomic E-state index is 12.1. The van der Waals surface area contributed by atoms with E-state index in [0.29, 0.717) is 19.4 Å². The van der Waals surface area contributed by atoms with Crippen LogP contribution < -0.4 is 4.90 Å². The van der Waals surface area contributed by atoms with Gasteiger partial charge in [-0.05, 0) is 38.4 Å². The van der Waals surface area contributed by atoms with Crippen LogP contribution in [-0.4, -0.2) is 46.6 Å². The SMILES string of the molecule is Cc1cc(N2CN(C(C)C)CN(C)C2=O)sn1. The molecule has 6 heteroatoms. The van der Waals surface area contributed by atoms with E-state index in [-0.39, 0.29) is 6.03 Å². The van der Waals surface area contributed by atoms with Gasteiger partial charge in [0.05, 0.1) is 19.0 Å². The first-order valence-electron chi connectivity index (χ1n) is 5.69. The van der Waals surface area contributed by atoms with Gasteiger partial charge in [-0.1, -0.05) is 0 Å². The summed E-state index contributed by atoms with van der Waals surface area (Å²) in [7, 11) is 1.83. The number of rotatable bonds is 2. The van der Waals surface area contributed by atoms with Crippen molar-refractivity contribution in [3.63, 3.8) is 0 Å².